The lowest BCUT2D eigenvalue weighted by Gasteiger charge is -2.22. The van der Waals surface area contributed by atoms with E-state index in [1.165, 1.54) is 0 Å². The lowest BCUT2D eigenvalue weighted by atomic mass is 10.2. The number of nitrogens with zero attached hydrogens (tertiary/aromatic N) is 3. The SMILES string of the molecule is Cc1cc(NC(=O)CN(C)[C@@H]2CCS(=O)(=O)C2)n(-c2ccccc2)n1. The lowest BCUT2D eigenvalue weighted by molar-refractivity contribution is -0.117. The molecule has 7 nitrogen and oxygen atoms in total. The number of para-hydroxylation sites is 1. The second-order valence-electron chi connectivity index (χ2n) is 6.44. The molecule has 1 aliphatic heterocycles. The van der Waals surface area contributed by atoms with E-state index >= 15 is 0 Å². The van der Waals surface area contributed by atoms with Gasteiger partial charge < -0.3 is 5.32 Å². The molecule has 25 heavy (non-hydrogen) atoms. The minimum absolute atomic E-state index is 0.100. The Morgan fingerprint density at radius 2 is 2.08 bits per heavy atom. The Morgan fingerprint density at radius 3 is 2.72 bits per heavy atom. The lowest BCUT2D eigenvalue weighted by Crippen LogP contribution is -2.38. The van der Waals surface area contributed by atoms with Gasteiger partial charge in [0.1, 0.15) is 5.82 Å². The van der Waals surface area contributed by atoms with E-state index in [4.69, 9.17) is 0 Å². The molecule has 1 aliphatic rings. The molecule has 0 saturated carbocycles. The topological polar surface area (TPSA) is 84.3 Å². The molecule has 1 aromatic carbocycles. The normalized spacial score (nSPS) is 19.2. The van der Waals surface area contributed by atoms with Crippen LogP contribution in [-0.4, -0.2) is 60.1 Å². The molecule has 0 spiro atoms. The number of aromatic nitrogens is 2. The summed E-state index contributed by atoms with van der Waals surface area (Å²) in [5.41, 5.74) is 1.66. The molecular weight excluding hydrogens is 340 g/mol. The van der Waals surface area contributed by atoms with Crippen LogP contribution in [0.15, 0.2) is 36.4 Å². The summed E-state index contributed by atoms with van der Waals surface area (Å²) in [6.07, 6.45) is 0.577. The first-order valence-corrected chi connectivity index (χ1v) is 9.99. The molecule has 0 radical (unpaired) electrons. The molecule has 1 fully saturated rings. The van der Waals surface area contributed by atoms with Crippen LogP contribution in [0.1, 0.15) is 12.1 Å². The summed E-state index contributed by atoms with van der Waals surface area (Å²) in [4.78, 5) is 14.2. The van der Waals surface area contributed by atoms with Gasteiger partial charge in [-0.3, -0.25) is 9.69 Å². The zero-order valence-electron chi connectivity index (χ0n) is 14.3. The highest BCUT2D eigenvalue weighted by molar-refractivity contribution is 7.91. The van der Waals surface area contributed by atoms with Gasteiger partial charge in [0.15, 0.2) is 9.84 Å². The van der Waals surface area contributed by atoms with Crippen LogP contribution in [0.5, 0.6) is 0 Å². The third kappa shape index (κ3) is 4.26. The van der Waals surface area contributed by atoms with E-state index < -0.39 is 9.84 Å². The van der Waals surface area contributed by atoms with Crippen molar-refractivity contribution in [2.75, 3.05) is 30.4 Å². The van der Waals surface area contributed by atoms with Crippen LogP contribution in [-0.2, 0) is 14.6 Å². The molecule has 0 unspecified atom stereocenters. The molecule has 1 atom stereocenters. The van der Waals surface area contributed by atoms with Crippen LogP contribution in [0.3, 0.4) is 0 Å². The largest absolute Gasteiger partial charge is 0.309 e. The van der Waals surface area contributed by atoms with Crippen molar-refractivity contribution in [3.63, 3.8) is 0 Å². The number of nitrogens with one attached hydrogen (secondary N) is 1. The first kappa shape index (κ1) is 17.6. The highest BCUT2D eigenvalue weighted by Crippen LogP contribution is 2.18. The van der Waals surface area contributed by atoms with E-state index in [2.05, 4.69) is 10.4 Å². The number of benzene rings is 1. The number of carbonyl (C=O) groups excluding carboxylic acids is 1. The van der Waals surface area contributed by atoms with Crippen molar-refractivity contribution in [3.8, 4) is 5.69 Å². The minimum atomic E-state index is -2.96. The molecule has 1 saturated heterocycles. The third-order valence-corrected chi connectivity index (χ3v) is 6.07. The first-order valence-electron chi connectivity index (χ1n) is 8.17. The van der Waals surface area contributed by atoms with Crippen LogP contribution in [0.25, 0.3) is 5.69 Å². The molecular formula is C17H22N4O3S. The highest BCUT2D eigenvalue weighted by Gasteiger charge is 2.31. The van der Waals surface area contributed by atoms with Crippen LogP contribution in [0.2, 0.25) is 0 Å². The van der Waals surface area contributed by atoms with Gasteiger partial charge >= 0.3 is 0 Å². The van der Waals surface area contributed by atoms with Gasteiger partial charge in [0, 0.05) is 12.1 Å². The van der Waals surface area contributed by atoms with Gasteiger partial charge in [-0.05, 0) is 32.5 Å². The van der Waals surface area contributed by atoms with Crippen molar-refractivity contribution in [1.82, 2.24) is 14.7 Å². The molecule has 1 aromatic heterocycles. The van der Waals surface area contributed by atoms with Crippen LogP contribution < -0.4 is 5.32 Å². The summed E-state index contributed by atoms with van der Waals surface area (Å²) in [5, 5.41) is 7.29. The zero-order valence-corrected chi connectivity index (χ0v) is 15.2. The predicted molar refractivity (Wildman–Crippen MR) is 96.6 cm³/mol. The number of hydrogen-bond donors (Lipinski definition) is 1. The van der Waals surface area contributed by atoms with Crippen molar-refractivity contribution in [3.05, 3.63) is 42.1 Å². The molecule has 1 amide bonds. The Hall–Kier alpha value is -2.19. The summed E-state index contributed by atoms with van der Waals surface area (Å²) < 4.78 is 24.9. The number of hydrogen-bond acceptors (Lipinski definition) is 5. The van der Waals surface area contributed by atoms with Crippen LogP contribution in [0, 0.1) is 6.92 Å². The average Bonchev–Trinajstić information content (AvgIpc) is 3.10. The van der Waals surface area contributed by atoms with E-state index in [1.807, 2.05) is 43.3 Å². The maximum atomic E-state index is 12.4. The summed E-state index contributed by atoms with van der Waals surface area (Å²) in [7, 11) is -1.18. The summed E-state index contributed by atoms with van der Waals surface area (Å²) in [6.45, 7) is 2.00. The van der Waals surface area contributed by atoms with E-state index in [9.17, 15) is 13.2 Å². The van der Waals surface area contributed by atoms with Gasteiger partial charge in [0.2, 0.25) is 5.91 Å². The molecule has 2 aromatic rings. The molecule has 3 rings (SSSR count). The standard InChI is InChI=1S/C17H22N4O3S/c1-13-10-16(21(19-13)14-6-4-3-5-7-14)18-17(22)11-20(2)15-8-9-25(23,24)12-15/h3-7,10,15H,8-9,11-12H2,1-2H3,(H,18,22)/t15-/m1/s1. The minimum Gasteiger partial charge on any atom is -0.309 e. The fourth-order valence-electron chi connectivity index (χ4n) is 3.02. The molecule has 0 aliphatic carbocycles. The number of likely N-dealkylation sites (N-methyl/N-ethyl adjacent to an activating group) is 1. The fraction of sp³-hybridized carbons (Fsp3) is 0.412. The average molecular weight is 362 g/mol. The summed E-state index contributed by atoms with van der Waals surface area (Å²) in [5.74, 6) is 0.728. The van der Waals surface area contributed by atoms with Crippen molar-refractivity contribution in [2.24, 2.45) is 0 Å². The number of rotatable bonds is 5. The van der Waals surface area contributed by atoms with Gasteiger partial charge in [-0.2, -0.15) is 5.10 Å². The number of anilines is 1. The monoisotopic (exact) mass is 362 g/mol. The molecule has 1 N–H and O–H groups in total. The maximum absolute atomic E-state index is 12.4. The van der Waals surface area contributed by atoms with Crippen molar-refractivity contribution < 1.29 is 13.2 Å². The fourth-order valence-corrected chi connectivity index (χ4v) is 4.82. The van der Waals surface area contributed by atoms with Crippen LogP contribution in [0.4, 0.5) is 5.82 Å². The number of aryl methyl sites for hydroxylation is 1. The van der Waals surface area contributed by atoms with Crippen molar-refractivity contribution in [2.45, 2.75) is 19.4 Å². The van der Waals surface area contributed by atoms with Gasteiger partial charge in [-0.1, -0.05) is 18.2 Å². The van der Waals surface area contributed by atoms with Crippen molar-refractivity contribution >= 4 is 21.6 Å². The van der Waals surface area contributed by atoms with Crippen LogP contribution >= 0.6 is 0 Å². The smallest absolute Gasteiger partial charge is 0.239 e. The quantitative estimate of drug-likeness (QED) is 0.865. The summed E-state index contributed by atoms with van der Waals surface area (Å²) in [6, 6.07) is 11.3. The van der Waals surface area contributed by atoms with Gasteiger partial charge in [0.05, 0.1) is 29.4 Å². The Labute approximate surface area is 147 Å². The number of sulfone groups is 1. The van der Waals surface area contributed by atoms with Crippen molar-refractivity contribution in [1.29, 1.82) is 0 Å². The van der Waals surface area contributed by atoms with Gasteiger partial charge in [-0.15, -0.1) is 0 Å². The molecule has 134 valence electrons. The second-order valence-corrected chi connectivity index (χ2v) is 8.67. The van der Waals surface area contributed by atoms with E-state index in [-0.39, 0.29) is 30.0 Å². The Morgan fingerprint density at radius 1 is 1.36 bits per heavy atom. The first-order chi connectivity index (χ1) is 11.8. The maximum Gasteiger partial charge on any atom is 0.239 e. The molecule has 0 bridgehead atoms. The molecule has 8 heteroatoms. The highest BCUT2D eigenvalue weighted by atomic mass is 32.2. The predicted octanol–water partition coefficient (Wildman–Crippen LogP) is 1.24. The third-order valence-electron chi connectivity index (χ3n) is 4.32. The summed E-state index contributed by atoms with van der Waals surface area (Å²) >= 11 is 0. The Balaban J connectivity index is 1.68. The molecule has 2 heterocycles. The van der Waals surface area contributed by atoms with E-state index in [1.54, 1.807) is 16.6 Å². The number of carbonyl (C=O) groups is 1. The second kappa shape index (κ2) is 6.97. The van der Waals surface area contributed by atoms with E-state index in [0.717, 1.165) is 11.4 Å². The van der Waals surface area contributed by atoms with E-state index in [0.29, 0.717) is 12.2 Å². The Kier molecular flexibility index (Phi) is 4.91. The Bertz CT molecular complexity index is 861. The number of amides is 1. The zero-order chi connectivity index (χ0) is 18.0. The van der Waals surface area contributed by atoms with Gasteiger partial charge in [-0.25, -0.2) is 13.1 Å². The van der Waals surface area contributed by atoms with Gasteiger partial charge in [0.25, 0.3) is 0 Å².